The molecule has 40 heavy (non-hydrogen) atoms. The van der Waals surface area contributed by atoms with Gasteiger partial charge in [0, 0.05) is 12.4 Å². The molecule has 2 N–H and O–H groups in total. The van der Waals surface area contributed by atoms with Gasteiger partial charge in [0.05, 0.1) is 36.6 Å². The van der Waals surface area contributed by atoms with Crippen LogP contribution in [0.15, 0.2) is 84.1 Å². The van der Waals surface area contributed by atoms with Gasteiger partial charge >= 0.3 is 0 Å². The fourth-order valence-corrected chi connectivity index (χ4v) is 5.07. The molecule has 200 valence electrons. The lowest BCUT2D eigenvalue weighted by Gasteiger charge is -2.27. The van der Waals surface area contributed by atoms with Crippen molar-refractivity contribution >= 4 is 17.8 Å². The summed E-state index contributed by atoms with van der Waals surface area (Å²) in [5.74, 6) is -2.97. The van der Waals surface area contributed by atoms with E-state index in [1.807, 2.05) is 0 Å². The predicted octanol–water partition coefficient (Wildman–Crippen LogP) is 3.65. The van der Waals surface area contributed by atoms with Gasteiger partial charge in [0.1, 0.15) is 17.5 Å². The molecular weight excluding hydrogens is 521 g/mol. The Bertz CT molecular complexity index is 1600. The van der Waals surface area contributed by atoms with E-state index >= 15 is 0 Å². The van der Waals surface area contributed by atoms with Crippen LogP contribution in [0, 0.1) is 17.5 Å². The Labute approximate surface area is 226 Å². The standard InChI is InChI=1S/C29H21F3N6O2/c30-20-6-2-18(3-7-20)29(19-4-8-21(31)9-5-19)27(40)38(28(33)36-29)14-17-1-10-23(32)22(13-17)26(39)37-15-24-25(16-37)35-12-11-34-24/h1-13H,14-16H2,(H2,33,36). The zero-order valence-electron chi connectivity index (χ0n) is 20.9. The van der Waals surface area contributed by atoms with Gasteiger partial charge in [-0.1, -0.05) is 30.3 Å². The van der Waals surface area contributed by atoms with Crippen molar-refractivity contribution in [2.24, 2.45) is 10.7 Å². The second kappa shape index (κ2) is 9.60. The summed E-state index contributed by atoms with van der Waals surface area (Å²) in [6.07, 6.45) is 3.07. The fraction of sp³-hybridized carbons (Fsp3) is 0.138. The van der Waals surface area contributed by atoms with Crippen molar-refractivity contribution in [3.63, 3.8) is 0 Å². The number of hydrogen-bond acceptors (Lipinski definition) is 6. The van der Waals surface area contributed by atoms with Crippen LogP contribution in [0.3, 0.4) is 0 Å². The molecule has 3 heterocycles. The van der Waals surface area contributed by atoms with Gasteiger partial charge in [0.15, 0.2) is 11.5 Å². The lowest BCUT2D eigenvalue weighted by atomic mass is 9.82. The molecule has 0 saturated heterocycles. The van der Waals surface area contributed by atoms with E-state index in [0.717, 1.165) is 6.07 Å². The number of rotatable bonds is 5. The number of guanidine groups is 1. The third-order valence-corrected chi connectivity index (χ3v) is 7.07. The summed E-state index contributed by atoms with van der Waals surface area (Å²) < 4.78 is 42.3. The number of aromatic nitrogens is 2. The number of benzene rings is 3. The first kappa shape index (κ1) is 25.2. The molecule has 0 bridgehead atoms. The highest BCUT2D eigenvalue weighted by Crippen LogP contribution is 2.40. The van der Waals surface area contributed by atoms with E-state index in [2.05, 4.69) is 15.0 Å². The van der Waals surface area contributed by atoms with Gasteiger partial charge in [-0.15, -0.1) is 0 Å². The highest BCUT2D eigenvalue weighted by atomic mass is 19.1. The molecule has 2 amide bonds. The summed E-state index contributed by atoms with van der Waals surface area (Å²) in [5.41, 5.74) is 6.79. The average molecular weight is 543 g/mol. The highest BCUT2D eigenvalue weighted by Gasteiger charge is 2.50. The SMILES string of the molecule is NC1=NC(c2ccc(F)cc2)(c2ccc(F)cc2)C(=O)N1Cc1ccc(F)c(C(=O)N2Cc3nccnc3C2)c1. The predicted molar refractivity (Wildman–Crippen MR) is 138 cm³/mol. The largest absolute Gasteiger partial charge is 0.369 e. The normalized spacial score (nSPS) is 15.8. The third kappa shape index (κ3) is 4.15. The Hall–Kier alpha value is -5.06. The number of aliphatic imine (C=N–C) groups is 1. The van der Waals surface area contributed by atoms with Crippen molar-refractivity contribution in [1.29, 1.82) is 0 Å². The highest BCUT2D eigenvalue weighted by molar-refractivity contribution is 6.09. The van der Waals surface area contributed by atoms with E-state index in [1.54, 1.807) is 0 Å². The summed E-state index contributed by atoms with van der Waals surface area (Å²) in [5, 5.41) is 0. The molecule has 0 fully saturated rings. The molecule has 0 saturated carbocycles. The number of carbonyl (C=O) groups is 2. The van der Waals surface area contributed by atoms with E-state index < -0.39 is 34.8 Å². The van der Waals surface area contributed by atoms with Crippen LogP contribution in [-0.2, 0) is 30.0 Å². The van der Waals surface area contributed by atoms with Crippen LogP contribution in [-0.4, -0.2) is 37.5 Å². The van der Waals surface area contributed by atoms with E-state index in [1.165, 1.54) is 82.9 Å². The van der Waals surface area contributed by atoms with Crippen LogP contribution in [0.1, 0.15) is 38.4 Å². The number of carbonyl (C=O) groups excluding carboxylic acids is 2. The molecule has 0 radical (unpaired) electrons. The first-order valence-corrected chi connectivity index (χ1v) is 12.3. The quantitative estimate of drug-likeness (QED) is 0.415. The van der Waals surface area contributed by atoms with Gasteiger partial charge in [-0.2, -0.15) is 0 Å². The van der Waals surface area contributed by atoms with Crippen molar-refractivity contribution < 1.29 is 22.8 Å². The molecule has 6 rings (SSSR count). The summed E-state index contributed by atoms with van der Waals surface area (Å²) in [4.78, 5) is 42.8. The first-order chi connectivity index (χ1) is 19.3. The topological polar surface area (TPSA) is 105 Å². The van der Waals surface area contributed by atoms with Gasteiger partial charge in [0.2, 0.25) is 0 Å². The van der Waals surface area contributed by atoms with Crippen molar-refractivity contribution in [2.45, 2.75) is 25.2 Å². The Morgan fingerprint density at radius 3 is 1.95 bits per heavy atom. The Morgan fingerprint density at radius 1 is 0.850 bits per heavy atom. The molecule has 0 aliphatic carbocycles. The lowest BCUT2D eigenvalue weighted by Crippen LogP contribution is -2.43. The van der Waals surface area contributed by atoms with Crippen molar-refractivity contribution in [1.82, 2.24) is 19.8 Å². The number of hydrogen-bond donors (Lipinski definition) is 1. The Balaban J connectivity index is 1.32. The molecule has 1 aromatic heterocycles. The van der Waals surface area contributed by atoms with E-state index in [4.69, 9.17) is 5.73 Å². The molecule has 0 atom stereocenters. The summed E-state index contributed by atoms with van der Waals surface area (Å²) in [6, 6.07) is 14.4. The lowest BCUT2D eigenvalue weighted by molar-refractivity contribution is -0.130. The molecule has 11 heteroatoms. The van der Waals surface area contributed by atoms with Crippen LogP contribution in [0.2, 0.25) is 0 Å². The van der Waals surface area contributed by atoms with Gasteiger partial charge < -0.3 is 10.6 Å². The number of nitrogens with zero attached hydrogens (tertiary/aromatic N) is 5. The van der Waals surface area contributed by atoms with Crippen LogP contribution < -0.4 is 5.73 Å². The Kier molecular flexibility index (Phi) is 6.05. The number of nitrogens with two attached hydrogens (primary N) is 1. The summed E-state index contributed by atoms with van der Waals surface area (Å²) in [6.45, 7) is 0.281. The maximum absolute atomic E-state index is 14.8. The van der Waals surface area contributed by atoms with Gasteiger partial charge in [-0.05, 0) is 53.1 Å². The van der Waals surface area contributed by atoms with Crippen molar-refractivity contribution in [2.75, 3.05) is 0 Å². The van der Waals surface area contributed by atoms with Crippen LogP contribution in [0.25, 0.3) is 0 Å². The number of amides is 2. The van der Waals surface area contributed by atoms with Crippen LogP contribution in [0.4, 0.5) is 13.2 Å². The molecular formula is C29H21F3N6O2. The molecule has 0 spiro atoms. The van der Waals surface area contributed by atoms with E-state index in [-0.39, 0.29) is 31.2 Å². The van der Waals surface area contributed by atoms with E-state index in [0.29, 0.717) is 28.1 Å². The maximum Gasteiger partial charge on any atom is 0.266 e. The van der Waals surface area contributed by atoms with Gasteiger partial charge in [0.25, 0.3) is 11.8 Å². The minimum Gasteiger partial charge on any atom is -0.369 e. The van der Waals surface area contributed by atoms with Crippen molar-refractivity contribution in [3.8, 4) is 0 Å². The Morgan fingerprint density at radius 2 is 1.40 bits per heavy atom. The molecule has 4 aromatic rings. The zero-order chi connectivity index (χ0) is 28.0. The van der Waals surface area contributed by atoms with Gasteiger partial charge in [-0.25, -0.2) is 18.2 Å². The number of halogens is 3. The molecule has 3 aromatic carbocycles. The zero-order valence-corrected chi connectivity index (χ0v) is 20.9. The smallest absolute Gasteiger partial charge is 0.266 e. The molecule has 2 aliphatic heterocycles. The average Bonchev–Trinajstić information content (AvgIpc) is 3.50. The first-order valence-electron chi connectivity index (χ1n) is 12.3. The minimum absolute atomic E-state index is 0.123. The maximum atomic E-state index is 14.8. The van der Waals surface area contributed by atoms with Crippen molar-refractivity contribution in [3.05, 3.63) is 130 Å². The van der Waals surface area contributed by atoms with Crippen LogP contribution in [0.5, 0.6) is 0 Å². The monoisotopic (exact) mass is 542 g/mol. The van der Waals surface area contributed by atoms with Gasteiger partial charge in [-0.3, -0.25) is 24.5 Å². The summed E-state index contributed by atoms with van der Waals surface area (Å²) >= 11 is 0. The van der Waals surface area contributed by atoms with Crippen LogP contribution >= 0.6 is 0 Å². The minimum atomic E-state index is -1.69. The third-order valence-electron chi connectivity index (χ3n) is 7.07. The molecule has 2 aliphatic rings. The van der Waals surface area contributed by atoms with E-state index in [9.17, 15) is 22.8 Å². The fourth-order valence-electron chi connectivity index (χ4n) is 5.07. The second-order valence-corrected chi connectivity index (χ2v) is 9.51. The molecule has 8 nitrogen and oxygen atoms in total. The summed E-state index contributed by atoms with van der Waals surface area (Å²) in [7, 11) is 0. The number of fused-ring (bicyclic) bond motifs is 1. The molecule has 0 unspecified atom stereocenters. The second-order valence-electron chi connectivity index (χ2n) is 9.51.